The van der Waals surface area contributed by atoms with Crippen LogP contribution in [-0.2, 0) is 4.79 Å². The molecule has 1 unspecified atom stereocenters. The third-order valence-corrected chi connectivity index (χ3v) is 5.77. The lowest BCUT2D eigenvalue weighted by atomic mass is 9.95. The van der Waals surface area contributed by atoms with Crippen molar-refractivity contribution in [3.63, 3.8) is 0 Å². The van der Waals surface area contributed by atoms with Gasteiger partial charge in [-0.25, -0.2) is 0 Å². The maximum Gasteiger partial charge on any atom is 0.265 e. The van der Waals surface area contributed by atoms with Crippen LogP contribution in [0.1, 0.15) is 49.4 Å². The fourth-order valence-corrected chi connectivity index (χ4v) is 4.03. The molecule has 2 amide bonds. The van der Waals surface area contributed by atoms with Crippen molar-refractivity contribution >= 4 is 28.3 Å². The number of para-hydroxylation sites is 1. The number of carbonyl (C=O) groups is 2. The highest BCUT2D eigenvalue weighted by Gasteiger charge is 2.21. The summed E-state index contributed by atoms with van der Waals surface area (Å²) in [5, 5.41) is 8.14. The van der Waals surface area contributed by atoms with Gasteiger partial charge in [0.05, 0.1) is 11.3 Å². The Morgan fingerprint density at radius 3 is 2.42 bits per heavy atom. The first kappa shape index (κ1) is 20.9. The molecule has 0 radical (unpaired) electrons. The third kappa shape index (κ3) is 5.23. The maximum atomic E-state index is 12.8. The van der Waals surface area contributed by atoms with E-state index in [9.17, 15) is 9.59 Å². The molecule has 0 aromatic heterocycles. The van der Waals surface area contributed by atoms with Crippen LogP contribution in [0.5, 0.6) is 5.75 Å². The summed E-state index contributed by atoms with van der Waals surface area (Å²) < 4.78 is 5.87. The topological polar surface area (TPSA) is 67.4 Å². The molecule has 0 aliphatic heterocycles. The van der Waals surface area contributed by atoms with Gasteiger partial charge in [-0.05, 0) is 54.8 Å². The first-order valence-corrected chi connectivity index (χ1v) is 11.0. The predicted octanol–water partition coefficient (Wildman–Crippen LogP) is 5.31. The monoisotopic (exact) mass is 416 g/mol. The summed E-state index contributed by atoms with van der Waals surface area (Å²) in [4.78, 5) is 25.6. The lowest BCUT2D eigenvalue weighted by molar-refractivity contribution is -0.122. The molecule has 0 saturated heterocycles. The normalized spacial score (nSPS) is 15.3. The Labute approximate surface area is 182 Å². The summed E-state index contributed by atoms with van der Waals surface area (Å²) in [5.41, 5.74) is 0.967. The van der Waals surface area contributed by atoms with Gasteiger partial charge >= 0.3 is 0 Å². The molecule has 1 aliphatic rings. The number of hydrogen-bond donors (Lipinski definition) is 2. The molecule has 160 valence electrons. The molecule has 3 aromatic carbocycles. The van der Waals surface area contributed by atoms with Crippen molar-refractivity contribution in [1.29, 1.82) is 0 Å². The van der Waals surface area contributed by atoms with Gasteiger partial charge < -0.3 is 15.4 Å². The minimum absolute atomic E-state index is 0.147. The summed E-state index contributed by atoms with van der Waals surface area (Å²) in [6.45, 7) is 1.70. The van der Waals surface area contributed by atoms with Crippen LogP contribution in [0.25, 0.3) is 10.8 Å². The van der Waals surface area contributed by atoms with Crippen LogP contribution in [0.15, 0.2) is 66.7 Å². The number of benzene rings is 3. The smallest absolute Gasteiger partial charge is 0.265 e. The summed E-state index contributed by atoms with van der Waals surface area (Å²) >= 11 is 0. The van der Waals surface area contributed by atoms with E-state index in [4.69, 9.17) is 4.74 Å². The average molecular weight is 417 g/mol. The first-order valence-electron chi connectivity index (χ1n) is 11.0. The second-order valence-electron chi connectivity index (χ2n) is 8.11. The SMILES string of the molecule is CC(Oc1ccc2ccccc2c1)C(=O)Nc1ccccc1C(=O)NC1CCCCC1. The van der Waals surface area contributed by atoms with E-state index in [1.807, 2.05) is 48.5 Å². The number of ether oxygens (including phenoxy) is 1. The zero-order chi connectivity index (χ0) is 21.6. The number of nitrogens with one attached hydrogen (secondary N) is 2. The molecule has 1 aliphatic carbocycles. The minimum Gasteiger partial charge on any atom is -0.481 e. The molecular formula is C26H28N2O3. The van der Waals surface area contributed by atoms with E-state index in [0.717, 1.165) is 36.5 Å². The van der Waals surface area contributed by atoms with Crippen molar-refractivity contribution in [2.24, 2.45) is 0 Å². The van der Waals surface area contributed by atoms with E-state index in [1.165, 1.54) is 6.42 Å². The fourth-order valence-electron chi connectivity index (χ4n) is 4.03. The zero-order valence-electron chi connectivity index (χ0n) is 17.8. The molecule has 0 bridgehead atoms. The molecule has 0 heterocycles. The predicted molar refractivity (Wildman–Crippen MR) is 123 cm³/mol. The van der Waals surface area contributed by atoms with E-state index < -0.39 is 6.10 Å². The number of amides is 2. The first-order chi connectivity index (χ1) is 15.1. The van der Waals surface area contributed by atoms with Crippen LogP contribution >= 0.6 is 0 Å². The van der Waals surface area contributed by atoms with Crippen molar-refractivity contribution in [1.82, 2.24) is 5.32 Å². The molecule has 4 rings (SSSR count). The van der Waals surface area contributed by atoms with Crippen molar-refractivity contribution in [2.45, 2.75) is 51.2 Å². The number of hydrogen-bond acceptors (Lipinski definition) is 3. The summed E-state index contributed by atoms with van der Waals surface area (Å²) in [6.07, 6.45) is 4.83. The fraction of sp³-hybridized carbons (Fsp3) is 0.308. The number of carbonyl (C=O) groups excluding carboxylic acids is 2. The van der Waals surface area contributed by atoms with Gasteiger partial charge in [-0.2, -0.15) is 0 Å². The molecule has 3 aromatic rings. The molecule has 5 heteroatoms. The molecule has 1 saturated carbocycles. The van der Waals surface area contributed by atoms with Gasteiger partial charge in [0.15, 0.2) is 6.10 Å². The summed E-state index contributed by atoms with van der Waals surface area (Å²) in [5.74, 6) is 0.182. The second kappa shape index (κ2) is 9.65. The number of anilines is 1. The lowest BCUT2D eigenvalue weighted by Crippen LogP contribution is -2.37. The van der Waals surface area contributed by atoms with Crippen LogP contribution in [0, 0.1) is 0 Å². The molecule has 2 N–H and O–H groups in total. The molecule has 5 nitrogen and oxygen atoms in total. The van der Waals surface area contributed by atoms with Crippen LogP contribution in [0.3, 0.4) is 0 Å². The van der Waals surface area contributed by atoms with Crippen LogP contribution in [0.4, 0.5) is 5.69 Å². The Morgan fingerprint density at radius 2 is 1.61 bits per heavy atom. The van der Waals surface area contributed by atoms with Gasteiger partial charge in [0.1, 0.15) is 5.75 Å². The molecule has 0 spiro atoms. The maximum absolute atomic E-state index is 12.8. The quantitative estimate of drug-likeness (QED) is 0.572. The Kier molecular flexibility index (Phi) is 6.51. The van der Waals surface area contributed by atoms with Crippen LogP contribution in [0.2, 0.25) is 0 Å². The van der Waals surface area contributed by atoms with Crippen LogP contribution < -0.4 is 15.4 Å². The highest BCUT2D eigenvalue weighted by Crippen LogP contribution is 2.23. The van der Waals surface area contributed by atoms with E-state index in [2.05, 4.69) is 10.6 Å². The second-order valence-corrected chi connectivity index (χ2v) is 8.11. The van der Waals surface area contributed by atoms with Crippen molar-refractivity contribution in [2.75, 3.05) is 5.32 Å². The number of fused-ring (bicyclic) bond motifs is 1. The molecule has 1 atom stereocenters. The molecule has 31 heavy (non-hydrogen) atoms. The van der Waals surface area contributed by atoms with Crippen molar-refractivity contribution < 1.29 is 14.3 Å². The zero-order valence-corrected chi connectivity index (χ0v) is 17.8. The Bertz CT molecular complexity index is 1070. The van der Waals surface area contributed by atoms with Crippen LogP contribution in [-0.4, -0.2) is 24.0 Å². The largest absolute Gasteiger partial charge is 0.481 e. The Morgan fingerprint density at radius 1 is 0.903 bits per heavy atom. The van der Waals surface area contributed by atoms with E-state index in [0.29, 0.717) is 17.0 Å². The minimum atomic E-state index is -0.712. The average Bonchev–Trinajstić information content (AvgIpc) is 2.80. The Hall–Kier alpha value is -3.34. The molecular weight excluding hydrogens is 388 g/mol. The standard InChI is InChI=1S/C26H28N2O3/c1-18(31-22-16-15-19-9-5-6-10-20(19)17-22)25(29)28-24-14-8-7-13-23(24)26(30)27-21-11-3-2-4-12-21/h5-10,13-18,21H,2-4,11-12H2,1H3,(H,27,30)(H,28,29). The van der Waals surface area contributed by atoms with Crippen molar-refractivity contribution in [3.8, 4) is 5.75 Å². The highest BCUT2D eigenvalue weighted by atomic mass is 16.5. The van der Waals surface area contributed by atoms with Gasteiger partial charge in [-0.3, -0.25) is 9.59 Å². The summed E-state index contributed by atoms with van der Waals surface area (Å²) in [7, 11) is 0. The van der Waals surface area contributed by atoms with Crippen molar-refractivity contribution in [3.05, 3.63) is 72.3 Å². The van der Waals surface area contributed by atoms with E-state index in [-0.39, 0.29) is 17.9 Å². The van der Waals surface area contributed by atoms with E-state index >= 15 is 0 Å². The van der Waals surface area contributed by atoms with Gasteiger partial charge in [0.2, 0.25) is 0 Å². The Balaban J connectivity index is 1.42. The van der Waals surface area contributed by atoms with Gasteiger partial charge in [-0.1, -0.05) is 61.7 Å². The van der Waals surface area contributed by atoms with Gasteiger partial charge in [0, 0.05) is 6.04 Å². The van der Waals surface area contributed by atoms with Gasteiger partial charge in [0.25, 0.3) is 11.8 Å². The summed E-state index contributed by atoms with van der Waals surface area (Å²) in [6, 6.07) is 21.1. The van der Waals surface area contributed by atoms with E-state index in [1.54, 1.807) is 25.1 Å². The number of rotatable bonds is 6. The lowest BCUT2D eigenvalue weighted by Gasteiger charge is -2.23. The van der Waals surface area contributed by atoms with Gasteiger partial charge in [-0.15, -0.1) is 0 Å². The highest BCUT2D eigenvalue weighted by molar-refractivity contribution is 6.04. The third-order valence-electron chi connectivity index (χ3n) is 5.77. The molecule has 1 fully saturated rings.